The summed E-state index contributed by atoms with van der Waals surface area (Å²) in [4.78, 5) is 2.41. The van der Waals surface area contributed by atoms with E-state index in [1.807, 2.05) is 11.3 Å². The van der Waals surface area contributed by atoms with Crippen LogP contribution in [0.4, 0.5) is 17.1 Å². The molecule has 0 saturated carbocycles. The van der Waals surface area contributed by atoms with Crippen molar-refractivity contribution in [1.82, 2.24) is 0 Å². The molecule has 12 aromatic rings. The summed E-state index contributed by atoms with van der Waals surface area (Å²) < 4.78 is 2.64. The van der Waals surface area contributed by atoms with Crippen LogP contribution in [0.5, 0.6) is 0 Å². The van der Waals surface area contributed by atoms with E-state index in [9.17, 15) is 0 Å². The summed E-state index contributed by atoms with van der Waals surface area (Å²) in [5.41, 5.74) is 17.7. The fourth-order valence-electron chi connectivity index (χ4n) is 9.58. The molecule has 0 aliphatic rings. The molecule has 2 heteroatoms. The van der Waals surface area contributed by atoms with Crippen molar-refractivity contribution < 1.29 is 0 Å². The van der Waals surface area contributed by atoms with Crippen molar-refractivity contribution in [2.75, 3.05) is 4.90 Å². The maximum absolute atomic E-state index is 2.41. The van der Waals surface area contributed by atoms with Crippen molar-refractivity contribution in [3.8, 4) is 66.8 Å². The Bertz CT molecular complexity index is 3680. The Morgan fingerprint density at radius 2 is 0.727 bits per heavy atom. The lowest BCUT2D eigenvalue weighted by molar-refractivity contribution is 1.28. The van der Waals surface area contributed by atoms with Crippen LogP contribution in [0.1, 0.15) is 0 Å². The molecule has 11 aromatic carbocycles. The highest BCUT2D eigenvalue weighted by molar-refractivity contribution is 7.26. The summed E-state index contributed by atoms with van der Waals surface area (Å²) in [5, 5.41) is 5.14. The third kappa shape index (κ3) is 7.34. The number of nitrogens with zero attached hydrogens (tertiary/aromatic N) is 1. The molecule has 0 radical (unpaired) electrons. The molecule has 0 fully saturated rings. The van der Waals surface area contributed by atoms with Crippen molar-refractivity contribution in [2.45, 2.75) is 0 Å². The van der Waals surface area contributed by atoms with Gasteiger partial charge in [-0.1, -0.05) is 212 Å². The Morgan fingerprint density at radius 3 is 1.48 bits per heavy atom. The monoisotopic (exact) mass is 857 g/mol. The second kappa shape index (κ2) is 17.0. The highest BCUT2D eigenvalue weighted by Crippen LogP contribution is 2.45. The highest BCUT2D eigenvalue weighted by Gasteiger charge is 2.20. The smallest absolute Gasteiger partial charge is 0.0540 e. The number of hydrogen-bond acceptors (Lipinski definition) is 2. The van der Waals surface area contributed by atoms with E-state index in [1.165, 1.54) is 97.7 Å². The largest absolute Gasteiger partial charge is 0.310 e. The van der Waals surface area contributed by atoms with Crippen LogP contribution in [0.15, 0.2) is 261 Å². The number of benzene rings is 11. The van der Waals surface area contributed by atoms with E-state index in [-0.39, 0.29) is 0 Å². The van der Waals surface area contributed by atoms with Crippen LogP contribution in [0, 0.1) is 0 Å². The van der Waals surface area contributed by atoms with Crippen molar-refractivity contribution in [3.05, 3.63) is 261 Å². The predicted molar refractivity (Wildman–Crippen MR) is 284 cm³/mol. The van der Waals surface area contributed by atoms with Crippen molar-refractivity contribution in [1.29, 1.82) is 0 Å². The fraction of sp³-hybridized carbons (Fsp3) is 0. The standard InChI is InChI=1S/C64H43NS/c1-2-15-48(16-3-1)56-20-6-7-21-58(56)59-22-8-10-26-62(59)65(55-40-36-49(37-41-55)57-24-13-25-61-60-23-9-11-27-63(60)66-64(57)61)54-38-34-46(35-39-54)45-28-30-47(31-29-45)51-18-12-19-52(42-51)53-33-32-44-14-4-5-17-50(44)43-53/h1-43H. The van der Waals surface area contributed by atoms with Gasteiger partial charge in [-0.2, -0.15) is 0 Å². The number of para-hydroxylation sites is 1. The molecule has 0 unspecified atom stereocenters. The van der Waals surface area contributed by atoms with Crippen LogP contribution in [-0.4, -0.2) is 0 Å². The van der Waals surface area contributed by atoms with Crippen LogP contribution in [0.25, 0.3) is 97.7 Å². The second-order valence-corrected chi connectivity index (χ2v) is 17.9. The van der Waals surface area contributed by atoms with Crippen LogP contribution in [0.3, 0.4) is 0 Å². The van der Waals surface area contributed by atoms with E-state index in [1.54, 1.807) is 0 Å². The Morgan fingerprint density at radius 1 is 0.258 bits per heavy atom. The molecule has 0 N–H and O–H groups in total. The molecular weight excluding hydrogens is 815 g/mol. The lowest BCUT2D eigenvalue weighted by atomic mass is 9.93. The Balaban J connectivity index is 0.908. The van der Waals surface area contributed by atoms with Crippen molar-refractivity contribution in [3.63, 3.8) is 0 Å². The summed E-state index contributed by atoms with van der Waals surface area (Å²) in [5.74, 6) is 0. The maximum Gasteiger partial charge on any atom is 0.0540 e. The molecule has 1 aromatic heterocycles. The van der Waals surface area contributed by atoms with Gasteiger partial charge in [0.25, 0.3) is 0 Å². The topological polar surface area (TPSA) is 3.24 Å². The second-order valence-electron chi connectivity index (χ2n) is 16.9. The van der Waals surface area contributed by atoms with Crippen LogP contribution in [0.2, 0.25) is 0 Å². The van der Waals surface area contributed by atoms with E-state index >= 15 is 0 Å². The number of hydrogen-bond donors (Lipinski definition) is 0. The Hall–Kier alpha value is -8.30. The number of rotatable bonds is 9. The molecule has 0 bridgehead atoms. The summed E-state index contributed by atoms with van der Waals surface area (Å²) in [6.45, 7) is 0. The number of anilines is 3. The molecule has 0 aliphatic heterocycles. The molecule has 66 heavy (non-hydrogen) atoms. The zero-order valence-corrected chi connectivity index (χ0v) is 37.0. The number of fused-ring (bicyclic) bond motifs is 4. The minimum absolute atomic E-state index is 1.09. The molecule has 310 valence electrons. The van der Waals surface area contributed by atoms with Crippen molar-refractivity contribution >= 4 is 59.3 Å². The van der Waals surface area contributed by atoms with Gasteiger partial charge in [0.05, 0.1) is 5.69 Å². The third-order valence-electron chi connectivity index (χ3n) is 12.9. The molecule has 1 heterocycles. The van der Waals surface area contributed by atoms with E-state index in [0.717, 1.165) is 17.1 Å². The minimum Gasteiger partial charge on any atom is -0.310 e. The summed E-state index contributed by atoms with van der Waals surface area (Å²) in [6.07, 6.45) is 0. The van der Waals surface area contributed by atoms with Gasteiger partial charge in [0, 0.05) is 37.1 Å². The Labute approximate surface area is 389 Å². The van der Waals surface area contributed by atoms with E-state index < -0.39 is 0 Å². The minimum atomic E-state index is 1.09. The van der Waals surface area contributed by atoms with Gasteiger partial charge >= 0.3 is 0 Å². The van der Waals surface area contributed by atoms with E-state index in [4.69, 9.17) is 0 Å². The van der Waals surface area contributed by atoms with Crippen molar-refractivity contribution in [2.24, 2.45) is 0 Å². The Kier molecular flexibility index (Phi) is 10.1. The summed E-state index contributed by atoms with van der Waals surface area (Å²) >= 11 is 1.87. The molecule has 0 atom stereocenters. The molecule has 0 amide bonds. The van der Waals surface area contributed by atoms with Gasteiger partial charge < -0.3 is 4.90 Å². The maximum atomic E-state index is 2.41. The summed E-state index contributed by atoms with van der Waals surface area (Å²) in [7, 11) is 0. The normalized spacial score (nSPS) is 11.3. The molecule has 0 spiro atoms. The van der Waals surface area contributed by atoms with Crippen LogP contribution in [-0.2, 0) is 0 Å². The third-order valence-corrected chi connectivity index (χ3v) is 14.1. The van der Waals surface area contributed by atoms with Crippen LogP contribution < -0.4 is 4.90 Å². The first-order valence-corrected chi connectivity index (χ1v) is 23.4. The van der Waals surface area contributed by atoms with Gasteiger partial charge in [-0.25, -0.2) is 0 Å². The lowest BCUT2D eigenvalue weighted by Crippen LogP contribution is -2.11. The zero-order chi connectivity index (χ0) is 43.8. The molecule has 0 saturated heterocycles. The van der Waals surface area contributed by atoms with Gasteiger partial charge in [0.15, 0.2) is 0 Å². The average Bonchev–Trinajstić information content (AvgIpc) is 3.79. The van der Waals surface area contributed by atoms with Gasteiger partial charge in [-0.3, -0.25) is 0 Å². The molecular formula is C64H43NS. The first kappa shape index (κ1) is 39.3. The molecule has 1 nitrogen and oxygen atoms in total. The van der Waals surface area contributed by atoms with E-state index in [2.05, 4.69) is 266 Å². The van der Waals surface area contributed by atoms with E-state index in [0.29, 0.717) is 0 Å². The zero-order valence-electron chi connectivity index (χ0n) is 36.2. The quantitative estimate of drug-likeness (QED) is 0.140. The van der Waals surface area contributed by atoms with Gasteiger partial charge in [0.2, 0.25) is 0 Å². The van der Waals surface area contributed by atoms with Gasteiger partial charge in [-0.05, 0) is 121 Å². The first-order chi connectivity index (χ1) is 32.7. The van der Waals surface area contributed by atoms with Gasteiger partial charge in [0.1, 0.15) is 0 Å². The molecule has 0 aliphatic carbocycles. The highest BCUT2D eigenvalue weighted by atomic mass is 32.1. The lowest BCUT2D eigenvalue weighted by Gasteiger charge is -2.29. The predicted octanol–water partition coefficient (Wildman–Crippen LogP) is 18.7. The number of thiophene rings is 1. The summed E-state index contributed by atoms with van der Waals surface area (Å²) in [6, 6.07) is 95.0. The van der Waals surface area contributed by atoms with Gasteiger partial charge in [-0.15, -0.1) is 11.3 Å². The fourth-order valence-corrected chi connectivity index (χ4v) is 10.8. The average molecular weight is 858 g/mol. The first-order valence-electron chi connectivity index (χ1n) is 22.6. The SMILES string of the molecule is c1ccc(-c2ccccc2-c2ccccc2N(c2ccc(-c3ccc(-c4cccc(-c5ccc6ccccc6c5)c4)cc3)cc2)c2ccc(-c3cccc4c3sc3ccccc34)cc2)cc1. The van der Waals surface area contributed by atoms with Crippen LogP contribution >= 0.6 is 11.3 Å². The molecule has 12 rings (SSSR count).